The van der Waals surface area contributed by atoms with E-state index >= 15 is 0 Å². The second-order valence-corrected chi connectivity index (χ2v) is 5.48. The maximum atomic E-state index is 5.88. The lowest BCUT2D eigenvalue weighted by molar-refractivity contribution is -0.671. The Morgan fingerprint density at radius 1 is 1.11 bits per heavy atom. The molecular formula is C15H16BrClNO+. The molecule has 0 aliphatic heterocycles. The van der Waals surface area contributed by atoms with Crippen LogP contribution in [0.3, 0.4) is 0 Å². The minimum atomic E-state index is 0.674. The third-order valence-electron chi connectivity index (χ3n) is 2.70. The molecule has 0 saturated heterocycles. The lowest BCUT2D eigenvalue weighted by Gasteiger charge is -2.07. The quantitative estimate of drug-likeness (QED) is 0.802. The summed E-state index contributed by atoms with van der Waals surface area (Å²) in [7, 11) is 0. The third kappa shape index (κ3) is 4.86. The van der Waals surface area contributed by atoms with E-state index in [1.54, 1.807) is 0 Å². The van der Waals surface area contributed by atoms with E-state index in [1.165, 1.54) is 5.56 Å². The minimum Gasteiger partial charge on any atom is -0.487 e. The smallest absolute Gasteiger partial charge is 0.137 e. The lowest BCUT2D eigenvalue weighted by atomic mass is 10.2. The van der Waals surface area contributed by atoms with Gasteiger partial charge in [0, 0.05) is 10.6 Å². The van der Waals surface area contributed by atoms with E-state index in [4.69, 9.17) is 16.3 Å². The molecular weight excluding hydrogens is 326 g/mol. The van der Waals surface area contributed by atoms with E-state index in [2.05, 4.69) is 45.5 Å². The number of rotatable bonds is 6. The first-order valence-corrected chi connectivity index (χ1v) is 7.36. The van der Waals surface area contributed by atoms with Crippen molar-refractivity contribution >= 4 is 27.5 Å². The molecule has 0 unspecified atom stereocenters. The van der Waals surface area contributed by atoms with Crippen LogP contribution in [0.25, 0.3) is 0 Å². The molecule has 2 rings (SSSR count). The first-order valence-electron chi connectivity index (χ1n) is 6.19. The van der Waals surface area contributed by atoms with Crippen molar-refractivity contribution in [3.05, 3.63) is 63.6 Å². The minimum absolute atomic E-state index is 0.674. The van der Waals surface area contributed by atoms with Gasteiger partial charge in [-0.25, -0.2) is 0 Å². The summed E-state index contributed by atoms with van der Waals surface area (Å²) in [5.41, 5.74) is 1.33. The van der Waals surface area contributed by atoms with Crippen molar-refractivity contribution in [3.8, 4) is 5.75 Å². The number of halogens is 2. The van der Waals surface area contributed by atoms with E-state index in [9.17, 15) is 0 Å². The Labute approximate surface area is 126 Å². The molecule has 100 valence electrons. The van der Waals surface area contributed by atoms with Crippen molar-refractivity contribution < 1.29 is 10.1 Å². The van der Waals surface area contributed by atoms with Crippen molar-refractivity contribution in [3.63, 3.8) is 0 Å². The zero-order valence-corrected chi connectivity index (χ0v) is 12.8. The average molecular weight is 342 g/mol. The molecule has 0 aliphatic carbocycles. The fraction of sp³-hybridized carbons (Fsp3) is 0.200. The van der Waals surface area contributed by atoms with Crippen LogP contribution in [-0.4, -0.2) is 13.2 Å². The largest absolute Gasteiger partial charge is 0.487 e. The Hall–Kier alpha value is -1.03. The molecule has 0 spiro atoms. The number of hydrogen-bond donors (Lipinski definition) is 1. The van der Waals surface area contributed by atoms with E-state index < -0.39 is 0 Å². The lowest BCUT2D eigenvalue weighted by Crippen LogP contribution is -2.83. The van der Waals surface area contributed by atoms with Crippen LogP contribution >= 0.6 is 27.5 Å². The molecule has 0 atom stereocenters. The average Bonchev–Trinajstić information content (AvgIpc) is 2.42. The van der Waals surface area contributed by atoms with E-state index in [1.807, 2.05) is 24.3 Å². The molecule has 2 N–H and O–H groups in total. The summed E-state index contributed by atoms with van der Waals surface area (Å²) in [5, 5.41) is 2.94. The van der Waals surface area contributed by atoms with Gasteiger partial charge in [-0.2, -0.15) is 0 Å². The van der Waals surface area contributed by atoms with Gasteiger partial charge in [0.15, 0.2) is 0 Å². The molecule has 2 aromatic carbocycles. The zero-order chi connectivity index (χ0) is 13.5. The van der Waals surface area contributed by atoms with Gasteiger partial charge in [-0.1, -0.05) is 41.9 Å². The fourth-order valence-electron chi connectivity index (χ4n) is 1.73. The molecule has 4 heteroatoms. The fourth-order valence-corrected chi connectivity index (χ4v) is 2.52. The third-order valence-corrected chi connectivity index (χ3v) is 3.55. The first-order chi connectivity index (χ1) is 9.25. The standard InChI is InChI=1S/C15H15BrClNO/c16-14-10-13(17)6-7-15(14)19-9-8-18-11-12-4-2-1-3-5-12/h1-7,10,18H,8-9,11H2/p+1. The summed E-state index contributed by atoms with van der Waals surface area (Å²) in [6.45, 7) is 2.57. The summed E-state index contributed by atoms with van der Waals surface area (Å²) in [6, 6.07) is 16.0. The summed E-state index contributed by atoms with van der Waals surface area (Å²) < 4.78 is 6.58. The molecule has 0 saturated carbocycles. The van der Waals surface area contributed by atoms with Gasteiger partial charge in [0.05, 0.1) is 4.47 Å². The Balaban J connectivity index is 1.69. The van der Waals surface area contributed by atoms with Gasteiger partial charge in [-0.05, 0) is 34.1 Å². The molecule has 0 fully saturated rings. The van der Waals surface area contributed by atoms with Crippen molar-refractivity contribution in [2.75, 3.05) is 13.2 Å². The summed E-state index contributed by atoms with van der Waals surface area (Å²) >= 11 is 9.31. The van der Waals surface area contributed by atoms with Crippen LogP contribution in [0.15, 0.2) is 53.0 Å². The van der Waals surface area contributed by atoms with Gasteiger partial charge in [-0.3, -0.25) is 0 Å². The first kappa shape index (κ1) is 14.4. The monoisotopic (exact) mass is 340 g/mol. The summed E-state index contributed by atoms with van der Waals surface area (Å²) in [6.07, 6.45) is 0. The molecule has 2 aromatic rings. The number of hydrogen-bond acceptors (Lipinski definition) is 1. The highest BCUT2D eigenvalue weighted by atomic mass is 79.9. The van der Waals surface area contributed by atoms with Crippen LogP contribution in [0.1, 0.15) is 5.56 Å². The molecule has 0 aliphatic rings. The van der Waals surface area contributed by atoms with Crippen LogP contribution in [0, 0.1) is 0 Å². The van der Waals surface area contributed by atoms with Gasteiger partial charge >= 0.3 is 0 Å². The van der Waals surface area contributed by atoms with Crippen LogP contribution in [0.5, 0.6) is 5.75 Å². The van der Waals surface area contributed by atoms with Crippen LogP contribution < -0.4 is 10.1 Å². The van der Waals surface area contributed by atoms with Crippen molar-refractivity contribution in [2.24, 2.45) is 0 Å². The molecule has 0 bridgehead atoms. The molecule has 0 aromatic heterocycles. The van der Waals surface area contributed by atoms with E-state index in [0.717, 1.165) is 23.3 Å². The number of ether oxygens (including phenoxy) is 1. The van der Waals surface area contributed by atoms with Gasteiger partial charge < -0.3 is 10.1 Å². The van der Waals surface area contributed by atoms with Crippen LogP contribution in [-0.2, 0) is 6.54 Å². The molecule has 0 heterocycles. The van der Waals surface area contributed by atoms with Gasteiger partial charge in [0.25, 0.3) is 0 Å². The Morgan fingerprint density at radius 2 is 1.89 bits per heavy atom. The summed E-state index contributed by atoms with van der Waals surface area (Å²) in [5.74, 6) is 0.831. The second kappa shape index (κ2) is 7.53. The maximum Gasteiger partial charge on any atom is 0.137 e. The Bertz CT molecular complexity index is 519. The Morgan fingerprint density at radius 3 is 2.63 bits per heavy atom. The van der Waals surface area contributed by atoms with E-state index in [-0.39, 0.29) is 0 Å². The predicted molar refractivity (Wildman–Crippen MR) is 81.6 cm³/mol. The highest BCUT2D eigenvalue weighted by Crippen LogP contribution is 2.27. The van der Waals surface area contributed by atoms with Crippen molar-refractivity contribution in [2.45, 2.75) is 6.54 Å². The normalized spacial score (nSPS) is 10.4. The maximum absolute atomic E-state index is 5.88. The topological polar surface area (TPSA) is 25.8 Å². The van der Waals surface area contributed by atoms with E-state index in [0.29, 0.717) is 11.6 Å². The van der Waals surface area contributed by atoms with Gasteiger partial charge in [0.1, 0.15) is 25.4 Å². The molecule has 0 radical (unpaired) electrons. The highest BCUT2D eigenvalue weighted by Gasteiger charge is 2.02. The molecule has 2 nitrogen and oxygen atoms in total. The summed E-state index contributed by atoms with van der Waals surface area (Å²) in [4.78, 5) is 0. The SMILES string of the molecule is Clc1ccc(OCC[NH2+]Cc2ccccc2)c(Br)c1. The number of nitrogens with two attached hydrogens (primary N) is 1. The zero-order valence-electron chi connectivity index (χ0n) is 10.5. The number of quaternary nitrogens is 1. The van der Waals surface area contributed by atoms with Crippen LogP contribution in [0.2, 0.25) is 5.02 Å². The molecule has 19 heavy (non-hydrogen) atoms. The predicted octanol–water partition coefficient (Wildman–Crippen LogP) is 3.24. The molecule has 0 amide bonds. The van der Waals surface area contributed by atoms with Gasteiger partial charge in [0.2, 0.25) is 0 Å². The Kier molecular flexibility index (Phi) is 5.70. The van der Waals surface area contributed by atoms with Gasteiger partial charge in [-0.15, -0.1) is 0 Å². The highest BCUT2D eigenvalue weighted by molar-refractivity contribution is 9.10. The van der Waals surface area contributed by atoms with Crippen LogP contribution in [0.4, 0.5) is 0 Å². The van der Waals surface area contributed by atoms with Crippen molar-refractivity contribution in [1.29, 1.82) is 0 Å². The van der Waals surface area contributed by atoms with Crippen molar-refractivity contribution in [1.82, 2.24) is 0 Å². The number of benzene rings is 2. The second-order valence-electron chi connectivity index (χ2n) is 4.19.